The summed E-state index contributed by atoms with van der Waals surface area (Å²) in [5, 5.41) is 0. The molecule has 0 N–H and O–H groups in total. The molecule has 0 aromatic carbocycles. The normalized spacial score (nSPS) is 19.6. The second kappa shape index (κ2) is 3.74. The summed E-state index contributed by atoms with van der Waals surface area (Å²) in [6.07, 6.45) is 15.4. The molecule has 11 heavy (non-hydrogen) atoms. The first-order valence-corrected chi connectivity index (χ1v) is 3.68. The minimum atomic E-state index is 0. The molecule has 0 heterocycles. The van der Waals surface area contributed by atoms with Crippen LogP contribution in [0.15, 0.2) is 47.6 Å². The SMILES string of the molecule is C1=CCC(C2=CC=CC2)=C1.[Co]. The Kier molecular flexibility index (Phi) is 2.91. The molecule has 0 aliphatic heterocycles. The van der Waals surface area contributed by atoms with Gasteiger partial charge in [0, 0.05) is 16.8 Å². The first kappa shape index (κ1) is 8.56. The molecule has 0 nitrogen and oxygen atoms in total. The number of allylic oxidation sites excluding steroid dienone is 8. The zero-order valence-corrected chi connectivity index (χ0v) is 7.25. The fraction of sp³-hybridized carbons (Fsp3) is 0.200. The van der Waals surface area contributed by atoms with E-state index in [1.807, 2.05) is 0 Å². The molecule has 59 valence electrons. The van der Waals surface area contributed by atoms with Gasteiger partial charge in [0.15, 0.2) is 0 Å². The average Bonchev–Trinajstić information content (AvgIpc) is 2.59. The van der Waals surface area contributed by atoms with Crippen LogP contribution in [0.1, 0.15) is 12.8 Å². The molecular weight excluding hydrogens is 179 g/mol. The van der Waals surface area contributed by atoms with Crippen molar-refractivity contribution in [1.29, 1.82) is 0 Å². The molecule has 2 rings (SSSR count). The van der Waals surface area contributed by atoms with Gasteiger partial charge in [-0.15, -0.1) is 0 Å². The van der Waals surface area contributed by atoms with Crippen LogP contribution in [0.25, 0.3) is 0 Å². The minimum absolute atomic E-state index is 0. The van der Waals surface area contributed by atoms with Gasteiger partial charge in [-0.3, -0.25) is 0 Å². The van der Waals surface area contributed by atoms with Gasteiger partial charge in [-0.05, 0) is 24.0 Å². The Morgan fingerprint density at radius 3 is 1.55 bits per heavy atom. The molecule has 0 saturated carbocycles. The van der Waals surface area contributed by atoms with Crippen LogP contribution in [-0.2, 0) is 16.8 Å². The minimum Gasteiger partial charge on any atom is -0.0801 e. The summed E-state index contributed by atoms with van der Waals surface area (Å²) in [5.41, 5.74) is 2.98. The van der Waals surface area contributed by atoms with Crippen molar-refractivity contribution < 1.29 is 16.8 Å². The Morgan fingerprint density at radius 2 is 1.27 bits per heavy atom. The Labute approximate surface area is 77.6 Å². The maximum Gasteiger partial charge on any atom is 0 e. The van der Waals surface area contributed by atoms with Crippen LogP contribution in [-0.4, -0.2) is 0 Å². The molecule has 0 unspecified atom stereocenters. The third-order valence-corrected chi connectivity index (χ3v) is 1.95. The summed E-state index contributed by atoms with van der Waals surface area (Å²) in [6.45, 7) is 0. The first-order valence-electron chi connectivity index (χ1n) is 3.68. The molecule has 0 amide bonds. The van der Waals surface area contributed by atoms with E-state index in [0.29, 0.717) is 0 Å². The number of hydrogen-bond donors (Lipinski definition) is 0. The fourth-order valence-corrected chi connectivity index (χ4v) is 1.37. The summed E-state index contributed by atoms with van der Waals surface area (Å²) in [7, 11) is 0. The smallest absolute Gasteiger partial charge is 0 e. The van der Waals surface area contributed by atoms with Crippen molar-refractivity contribution in [2.24, 2.45) is 0 Å². The number of hydrogen-bond acceptors (Lipinski definition) is 0. The van der Waals surface area contributed by atoms with Gasteiger partial charge < -0.3 is 0 Å². The van der Waals surface area contributed by atoms with E-state index in [1.165, 1.54) is 11.1 Å². The molecule has 0 saturated heterocycles. The largest absolute Gasteiger partial charge is 0.0801 e. The first-order chi connectivity index (χ1) is 4.97. The van der Waals surface area contributed by atoms with Gasteiger partial charge in [-0.1, -0.05) is 36.5 Å². The van der Waals surface area contributed by atoms with Crippen molar-refractivity contribution in [3.63, 3.8) is 0 Å². The fourth-order valence-electron chi connectivity index (χ4n) is 1.37. The van der Waals surface area contributed by atoms with Crippen LogP contribution in [0.4, 0.5) is 0 Å². The van der Waals surface area contributed by atoms with Crippen LogP contribution >= 0.6 is 0 Å². The standard InChI is InChI=1S/C10H10.Co/c1-2-6-9(5-1)10-7-3-4-8-10;/h1-5,7H,6,8H2;. The summed E-state index contributed by atoms with van der Waals surface area (Å²) in [5.74, 6) is 0. The van der Waals surface area contributed by atoms with E-state index >= 15 is 0 Å². The van der Waals surface area contributed by atoms with Crippen molar-refractivity contribution >= 4 is 0 Å². The maximum absolute atomic E-state index is 2.21. The molecule has 1 radical (unpaired) electrons. The summed E-state index contributed by atoms with van der Waals surface area (Å²) < 4.78 is 0. The van der Waals surface area contributed by atoms with Crippen molar-refractivity contribution in [3.8, 4) is 0 Å². The Morgan fingerprint density at radius 1 is 0.818 bits per heavy atom. The Bertz CT molecular complexity index is 226. The molecule has 0 spiro atoms. The molecule has 1 heteroatoms. The van der Waals surface area contributed by atoms with Gasteiger partial charge in [-0.25, -0.2) is 0 Å². The second-order valence-electron chi connectivity index (χ2n) is 2.65. The van der Waals surface area contributed by atoms with Crippen LogP contribution in [0, 0.1) is 0 Å². The maximum atomic E-state index is 2.21. The molecule has 0 fully saturated rings. The van der Waals surface area contributed by atoms with E-state index in [4.69, 9.17) is 0 Å². The summed E-state index contributed by atoms with van der Waals surface area (Å²) in [4.78, 5) is 0. The van der Waals surface area contributed by atoms with Crippen LogP contribution in [0.5, 0.6) is 0 Å². The molecule has 0 aromatic heterocycles. The van der Waals surface area contributed by atoms with E-state index < -0.39 is 0 Å². The number of rotatable bonds is 1. The van der Waals surface area contributed by atoms with Gasteiger partial charge in [-0.2, -0.15) is 0 Å². The quantitative estimate of drug-likeness (QED) is 0.595. The third-order valence-electron chi connectivity index (χ3n) is 1.95. The van der Waals surface area contributed by atoms with Gasteiger partial charge in [0.05, 0.1) is 0 Å². The molecular formula is C10H10Co. The van der Waals surface area contributed by atoms with Crippen LogP contribution < -0.4 is 0 Å². The summed E-state index contributed by atoms with van der Waals surface area (Å²) >= 11 is 0. The predicted molar refractivity (Wildman–Crippen MR) is 43.7 cm³/mol. The monoisotopic (exact) mass is 189 g/mol. The van der Waals surface area contributed by atoms with Gasteiger partial charge in [0.1, 0.15) is 0 Å². The second-order valence-corrected chi connectivity index (χ2v) is 2.65. The average molecular weight is 189 g/mol. The van der Waals surface area contributed by atoms with Crippen molar-refractivity contribution in [2.45, 2.75) is 12.8 Å². The molecule has 0 atom stereocenters. The zero-order chi connectivity index (χ0) is 6.81. The van der Waals surface area contributed by atoms with E-state index in [0.717, 1.165) is 12.8 Å². The van der Waals surface area contributed by atoms with Gasteiger partial charge in [0.25, 0.3) is 0 Å². The van der Waals surface area contributed by atoms with Crippen molar-refractivity contribution in [1.82, 2.24) is 0 Å². The predicted octanol–water partition coefficient (Wildman–Crippen LogP) is 2.76. The molecule has 0 aromatic rings. The third kappa shape index (κ3) is 1.73. The summed E-state index contributed by atoms with van der Waals surface area (Å²) in [6, 6.07) is 0. The Balaban J connectivity index is 0.000000605. The molecule has 0 bridgehead atoms. The van der Waals surface area contributed by atoms with Crippen molar-refractivity contribution in [2.75, 3.05) is 0 Å². The van der Waals surface area contributed by atoms with Crippen molar-refractivity contribution in [3.05, 3.63) is 47.6 Å². The van der Waals surface area contributed by atoms with E-state index in [-0.39, 0.29) is 16.8 Å². The van der Waals surface area contributed by atoms with E-state index in [1.54, 1.807) is 0 Å². The topological polar surface area (TPSA) is 0 Å². The molecule has 2 aliphatic carbocycles. The zero-order valence-electron chi connectivity index (χ0n) is 6.21. The van der Waals surface area contributed by atoms with E-state index in [2.05, 4.69) is 36.5 Å². The van der Waals surface area contributed by atoms with Crippen LogP contribution in [0.3, 0.4) is 0 Å². The molecule has 2 aliphatic rings. The van der Waals surface area contributed by atoms with Crippen LogP contribution in [0.2, 0.25) is 0 Å². The van der Waals surface area contributed by atoms with Gasteiger partial charge in [0.2, 0.25) is 0 Å². The van der Waals surface area contributed by atoms with E-state index in [9.17, 15) is 0 Å². The van der Waals surface area contributed by atoms with Gasteiger partial charge >= 0.3 is 0 Å². The Hall–Kier alpha value is -0.534.